The van der Waals surface area contributed by atoms with Crippen LogP contribution in [0.15, 0.2) is 58.6 Å². The lowest BCUT2D eigenvalue weighted by molar-refractivity contribution is -0.0866. The normalized spacial score (nSPS) is 23.6. The quantitative estimate of drug-likeness (QED) is 0.438. The Labute approximate surface area is 256 Å². The van der Waals surface area contributed by atoms with Gasteiger partial charge in [0.05, 0.1) is 19.1 Å². The summed E-state index contributed by atoms with van der Waals surface area (Å²) in [5.74, 6) is -5.23. The Hall–Kier alpha value is -4.81. The zero-order valence-electron chi connectivity index (χ0n) is 24.8. The Bertz CT molecular complexity index is 1740. The number of methoxy groups -OCH3 is 1. The van der Waals surface area contributed by atoms with Crippen molar-refractivity contribution in [3.8, 4) is 5.75 Å². The van der Waals surface area contributed by atoms with Crippen LogP contribution in [-0.2, 0) is 22.7 Å². The van der Waals surface area contributed by atoms with Crippen molar-refractivity contribution in [2.75, 3.05) is 13.7 Å². The Kier molecular flexibility index (Phi) is 7.79. The van der Waals surface area contributed by atoms with Crippen LogP contribution in [0.25, 0.3) is 0 Å². The second-order valence-corrected chi connectivity index (χ2v) is 11.5. The van der Waals surface area contributed by atoms with Crippen LogP contribution in [-0.4, -0.2) is 52.5 Å². The molecule has 2 bridgehead atoms. The van der Waals surface area contributed by atoms with E-state index < -0.39 is 64.0 Å². The third-order valence-corrected chi connectivity index (χ3v) is 9.03. The van der Waals surface area contributed by atoms with Crippen LogP contribution in [0.3, 0.4) is 0 Å². The van der Waals surface area contributed by atoms with Crippen molar-refractivity contribution in [1.29, 1.82) is 0 Å². The van der Waals surface area contributed by atoms with Crippen molar-refractivity contribution >= 4 is 17.7 Å². The Balaban J connectivity index is 1.47. The molecule has 10 nitrogen and oxygen atoms in total. The third kappa shape index (κ3) is 5.09. The van der Waals surface area contributed by atoms with Gasteiger partial charge in [-0.2, -0.15) is 0 Å². The number of pyridine rings is 1. The van der Waals surface area contributed by atoms with E-state index in [1.807, 2.05) is 19.9 Å². The number of nitrogens with one attached hydrogen (secondary N) is 1. The van der Waals surface area contributed by atoms with Crippen molar-refractivity contribution in [1.82, 2.24) is 14.8 Å². The van der Waals surface area contributed by atoms with Crippen LogP contribution in [0.4, 0.5) is 13.2 Å². The highest BCUT2D eigenvalue weighted by Gasteiger charge is 2.58. The average molecular weight is 625 g/mol. The standard InChI is InChI=1S/C32H31F3N4O6/c1-17-9-10-32(18(2)30(43-3)37-45-32)25-15-38(17)31(42)26-28(44-16-19-7-5-4-6-8-19)27(40)22(14-39(25)26)29(41)36-13-21-23(34)11-20(33)12-24(21)35/h4-8,11-12,14,17-18,25H,9-10,13,15-16H2,1-3H3,(H,36,41)/t17-,18-,25+,32-/m0/s1. The number of benzene rings is 2. The Morgan fingerprint density at radius 2 is 1.84 bits per heavy atom. The number of hydrogen-bond donors (Lipinski definition) is 1. The molecule has 1 saturated heterocycles. The zero-order chi connectivity index (χ0) is 32.0. The molecule has 3 aliphatic heterocycles. The highest BCUT2D eigenvalue weighted by atomic mass is 19.1. The molecule has 236 valence electrons. The highest BCUT2D eigenvalue weighted by Crippen LogP contribution is 2.49. The monoisotopic (exact) mass is 624 g/mol. The van der Waals surface area contributed by atoms with E-state index in [0.717, 1.165) is 0 Å². The summed E-state index contributed by atoms with van der Waals surface area (Å²) in [6, 6.07) is 9.13. The van der Waals surface area contributed by atoms with Crippen molar-refractivity contribution in [2.45, 2.75) is 57.5 Å². The molecule has 4 heterocycles. The van der Waals surface area contributed by atoms with Crippen LogP contribution in [0.5, 0.6) is 5.75 Å². The van der Waals surface area contributed by atoms with E-state index in [0.29, 0.717) is 36.4 Å². The number of ether oxygens (including phenoxy) is 2. The minimum Gasteiger partial charge on any atom is -0.483 e. The molecule has 0 unspecified atom stereocenters. The summed E-state index contributed by atoms with van der Waals surface area (Å²) in [5.41, 5.74) is -2.21. The smallest absolute Gasteiger partial charge is 0.274 e. The maximum absolute atomic E-state index is 14.3. The third-order valence-electron chi connectivity index (χ3n) is 9.03. The molecule has 1 N–H and O–H groups in total. The molecule has 13 heteroatoms. The maximum atomic E-state index is 14.3. The fraction of sp³-hybridized carbons (Fsp3) is 0.375. The fourth-order valence-corrected chi connectivity index (χ4v) is 6.44. The second kappa shape index (κ2) is 11.6. The van der Waals surface area contributed by atoms with E-state index in [4.69, 9.17) is 14.3 Å². The largest absolute Gasteiger partial charge is 0.483 e. The van der Waals surface area contributed by atoms with Crippen LogP contribution >= 0.6 is 0 Å². The molecule has 4 atom stereocenters. The minimum absolute atomic E-state index is 0.0471. The summed E-state index contributed by atoms with van der Waals surface area (Å²) in [6.07, 6.45) is 2.31. The topological polar surface area (TPSA) is 111 Å². The summed E-state index contributed by atoms with van der Waals surface area (Å²) < 4.78 is 55.1. The average Bonchev–Trinajstić information content (AvgIpc) is 3.27. The number of fused-ring (bicyclic) bond motifs is 5. The number of halogens is 3. The SMILES string of the molecule is COC1=NO[C@@]2(CC[C@H](C)N3C[C@H]2n2cc(C(=O)NCc4c(F)cc(F)cc4F)c(=O)c(OCc4ccccc4)c2C3=O)[C@H]1C. The Morgan fingerprint density at radius 3 is 2.51 bits per heavy atom. The number of carbonyl (C=O) groups is 2. The summed E-state index contributed by atoms with van der Waals surface area (Å²) >= 11 is 0. The van der Waals surface area contributed by atoms with Gasteiger partial charge in [0.15, 0.2) is 17.0 Å². The lowest BCUT2D eigenvalue weighted by Gasteiger charge is -2.43. The van der Waals surface area contributed by atoms with E-state index in [1.54, 1.807) is 29.2 Å². The number of oxime groups is 1. The first-order chi connectivity index (χ1) is 21.6. The summed E-state index contributed by atoms with van der Waals surface area (Å²) in [4.78, 5) is 49.3. The molecule has 0 radical (unpaired) electrons. The molecule has 0 saturated carbocycles. The minimum atomic E-state index is -1.19. The number of amides is 2. The van der Waals surface area contributed by atoms with Gasteiger partial charge in [-0.25, -0.2) is 13.2 Å². The maximum Gasteiger partial charge on any atom is 0.274 e. The summed E-state index contributed by atoms with van der Waals surface area (Å²) in [7, 11) is 1.49. The molecule has 3 aliphatic rings. The molecule has 0 aliphatic carbocycles. The molecule has 1 spiro atoms. The fourth-order valence-electron chi connectivity index (χ4n) is 6.44. The summed E-state index contributed by atoms with van der Waals surface area (Å²) in [6.45, 7) is 3.27. The predicted octanol–water partition coefficient (Wildman–Crippen LogP) is 4.32. The van der Waals surface area contributed by atoms with Gasteiger partial charge < -0.3 is 29.1 Å². The zero-order valence-corrected chi connectivity index (χ0v) is 24.8. The van der Waals surface area contributed by atoms with Gasteiger partial charge >= 0.3 is 0 Å². The van der Waals surface area contributed by atoms with Gasteiger partial charge in [-0.3, -0.25) is 14.4 Å². The number of nitrogens with zero attached hydrogens (tertiary/aromatic N) is 3. The molecule has 1 fully saturated rings. The predicted molar refractivity (Wildman–Crippen MR) is 155 cm³/mol. The first-order valence-corrected chi connectivity index (χ1v) is 14.5. The first-order valence-electron chi connectivity index (χ1n) is 14.5. The number of carbonyl (C=O) groups excluding carboxylic acids is 2. The molecule has 2 aromatic carbocycles. The Morgan fingerprint density at radius 1 is 1.13 bits per heavy atom. The van der Waals surface area contributed by atoms with E-state index in [9.17, 15) is 27.6 Å². The van der Waals surface area contributed by atoms with Gasteiger partial charge in [0.2, 0.25) is 11.3 Å². The van der Waals surface area contributed by atoms with Gasteiger partial charge in [-0.1, -0.05) is 35.5 Å². The first kappa shape index (κ1) is 30.2. The van der Waals surface area contributed by atoms with E-state index in [2.05, 4.69) is 10.5 Å². The van der Waals surface area contributed by atoms with Gasteiger partial charge in [0, 0.05) is 43.0 Å². The van der Waals surface area contributed by atoms with E-state index in [1.165, 1.54) is 17.9 Å². The van der Waals surface area contributed by atoms with Gasteiger partial charge in [-0.15, -0.1) is 0 Å². The summed E-state index contributed by atoms with van der Waals surface area (Å²) in [5, 5.41) is 6.54. The van der Waals surface area contributed by atoms with Crippen molar-refractivity contribution in [3.05, 3.63) is 98.7 Å². The van der Waals surface area contributed by atoms with Gasteiger partial charge in [0.25, 0.3) is 11.8 Å². The van der Waals surface area contributed by atoms with Crippen LogP contribution in [0, 0.1) is 23.4 Å². The number of rotatable bonds is 6. The van der Waals surface area contributed by atoms with Gasteiger partial charge in [-0.05, 0) is 32.3 Å². The van der Waals surface area contributed by atoms with Crippen LogP contribution in [0.1, 0.15) is 64.7 Å². The highest BCUT2D eigenvalue weighted by molar-refractivity contribution is 5.99. The lowest BCUT2D eigenvalue weighted by Crippen LogP contribution is -2.54. The number of aromatic nitrogens is 1. The van der Waals surface area contributed by atoms with Crippen molar-refractivity contribution < 1.29 is 37.1 Å². The molecular formula is C32H31F3N4O6. The van der Waals surface area contributed by atoms with Crippen molar-refractivity contribution in [2.24, 2.45) is 11.1 Å². The molecule has 45 heavy (non-hydrogen) atoms. The molecule has 1 aromatic heterocycles. The van der Waals surface area contributed by atoms with Crippen molar-refractivity contribution in [3.63, 3.8) is 0 Å². The second-order valence-electron chi connectivity index (χ2n) is 11.5. The van der Waals surface area contributed by atoms with Gasteiger partial charge in [0.1, 0.15) is 29.6 Å². The van der Waals surface area contributed by atoms with Crippen LogP contribution < -0.4 is 15.5 Å². The van der Waals surface area contributed by atoms with E-state index in [-0.39, 0.29) is 36.6 Å². The molecule has 2 amide bonds. The van der Waals surface area contributed by atoms with E-state index >= 15 is 0 Å². The van der Waals surface area contributed by atoms with Crippen LogP contribution in [0.2, 0.25) is 0 Å². The lowest BCUT2D eigenvalue weighted by atomic mass is 9.78. The molecule has 3 aromatic rings. The molecule has 6 rings (SSSR count). The molecular weight excluding hydrogens is 593 g/mol. The number of hydrogen-bond acceptors (Lipinski definition) is 7.